The molecule has 1 aliphatic heterocycles. The van der Waals surface area contributed by atoms with Gasteiger partial charge in [-0.3, -0.25) is 0 Å². The van der Waals surface area contributed by atoms with Crippen LogP contribution >= 0.6 is 0 Å². The van der Waals surface area contributed by atoms with Crippen LogP contribution in [0.5, 0.6) is 0 Å². The maximum absolute atomic E-state index is 5.88. The second kappa shape index (κ2) is 5.62. The van der Waals surface area contributed by atoms with Crippen molar-refractivity contribution in [2.75, 3.05) is 17.1 Å². The molecule has 0 saturated carbocycles. The lowest BCUT2D eigenvalue weighted by atomic mass is 9.90. The van der Waals surface area contributed by atoms with Crippen molar-refractivity contribution in [3.05, 3.63) is 24.3 Å². The number of rotatable bonds is 5. The quantitative estimate of drug-likeness (QED) is 0.821. The van der Waals surface area contributed by atoms with E-state index in [9.17, 15) is 0 Å². The topological polar surface area (TPSA) is 33.7 Å². The lowest BCUT2D eigenvalue weighted by Gasteiger charge is -2.26. The van der Waals surface area contributed by atoms with Gasteiger partial charge >= 0.3 is 0 Å². The first kappa shape index (κ1) is 15.1. The Labute approximate surface area is 122 Å². The third-order valence-electron chi connectivity index (χ3n) is 4.01. The Kier molecular flexibility index (Phi) is 4.25. The van der Waals surface area contributed by atoms with Gasteiger partial charge in [-0.15, -0.1) is 5.23 Å². The first-order valence-electron chi connectivity index (χ1n) is 7.38. The minimum absolute atomic E-state index is 0.356. The fourth-order valence-electron chi connectivity index (χ4n) is 1.87. The molecule has 0 aromatic heterocycles. The Morgan fingerprint density at radius 3 is 2.05 bits per heavy atom. The summed E-state index contributed by atoms with van der Waals surface area (Å²) in [6.45, 7) is 11.3. The van der Waals surface area contributed by atoms with E-state index in [4.69, 9.17) is 9.68 Å². The molecule has 1 aromatic carbocycles. The van der Waals surface area contributed by atoms with Crippen LogP contribution in [0.2, 0.25) is 0 Å². The molecule has 0 bridgehead atoms. The molecule has 112 valence electrons. The monoisotopic (exact) mass is 278 g/mol. The molecule has 0 atom stereocenters. The van der Waals surface area contributed by atoms with Crippen LogP contribution in [0.3, 0.4) is 0 Å². The number of nitrogens with one attached hydrogen (secondary N) is 1. The van der Waals surface area contributed by atoms with Crippen molar-refractivity contribution >= 4 is 11.4 Å². The van der Waals surface area contributed by atoms with Crippen LogP contribution in [0.4, 0.5) is 11.4 Å². The molecular formula is C16H26N2O2. The predicted octanol–water partition coefficient (Wildman–Crippen LogP) is 4.14. The highest BCUT2D eigenvalue weighted by molar-refractivity contribution is 5.53. The molecule has 0 aliphatic carbocycles. The van der Waals surface area contributed by atoms with Crippen LogP contribution in [0.25, 0.3) is 0 Å². The molecule has 1 saturated heterocycles. The minimum atomic E-state index is -0.356. The Bertz CT molecular complexity index is 424. The summed E-state index contributed by atoms with van der Waals surface area (Å²) in [5.41, 5.74) is 1.32. The van der Waals surface area contributed by atoms with Gasteiger partial charge in [0, 0.05) is 12.2 Å². The maximum Gasteiger partial charge on any atom is 0.124 e. The smallest absolute Gasteiger partial charge is 0.124 e. The maximum atomic E-state index is 5.88. The molecule has 20 heavy (non-hydrogen) atoms. The Balaban J connectivity index is 2.01. The van der Waals surface area contributed by atoms with E-state index in [2.05, 4.69) is 24.4 Å². The van der Waals surface area contributed by atoms with Crippen LogP contribution in [-0.4, -0.2) is 17.7 Å². The largest absolute Gasteiger partial charge is 0.385 e. The van der Waals surface area contributed by atoms with Gasteiger partial charge in [0.25, 0.3) is 0 Å². The van der Waals surface area contributed by atoms with E-state index in [-0.39, 0.29) is 11.2 Å². The van der Waals surface area contributed by atoms with Gasteiger partial charge in [0.2, 0.25) is 0 Å². The van der Waals surface area contributed by atoms with Crippen molar-refractivity contribution in [2.45, 2.75) is 58.7 Å². The van der Waals surface area contributed by atoms with Crippen LogP contribution < -0.4 is 10.5 Å². The zero-order chi connectivity index (χ0) is 14.8. The number of unbranched alkanes of at least 4 members (excludes halogenated alkanes) is 1. The molecule has 1 fully saturated rings. The van der Waals surface area contributed by atoms with Gasteiger partial charge in [0.15, 0.2) is 0 Å². The summed E-state index contributed by atoms with van der Waals surface area (Å²) in [5.74, 6) is 0. The molecule has 0 spiro atoms. The lowest BCUT2D eigenvalue weighted by molar-refractivity contribution is -0.0272. The van der Waals surface area contributed by atoms with Crippen LogP contribution in [0.1, 0.15) is 47.5 Å². The summed E-state index contributed by atoms with van der Waals surface area (Å²) >= 11 is 0. The SMILES string of the molecule is CCCCNc1ccc(N2OC(C)(C)C(C)(C)O2)cc1. The lowest BCUT2D eigenvalue weighted by Crippen LogP contribution is -2.41. The molecule has 1 heterocycles. The summed E-state index contributed by atoms with van der Waals surface area (Å²) < 4.78 is 0. The molecule has 0 radical (unpaired) electrons. The fraction of sp³-hybridized carbons (Fsp3) is 0.625. The third-order valence-corrected chi connectivity index (χ3v) is 4.01. The summed E-state index contributed by atoms with van der Waals surface area (Å²) in [7, 11) is 0. The normalized spacial score (nSPS) is 20.1. The van der Waals surface area contributed by atoms with Crippen molar-refractivity contribution in [1.82, 2.24) is 0 Å². The summed E-state index contributed by atoms with van der Waals surface area (Å²) in [6.07, 6.45) is 2.38. The Morgan fingerprint density at radius 2 is 1.55 bits per heavy atom. The van der Waals surface area contributed by atoms with Crippen molar-refractivity contribution in [3.63, 3.8) is 0 Å². The molecule has 0 unspecified atom stereocenters. The van der Waals surface area contributed by atoms with Gasteiger partial charge in [0.05, 0.1) is 5.69 Å². The van der Waals surface area contributed by atoms with Gasteiger partial charge < -0.3 is 5.32 Å². The number of hydrogen-bond donors (Lipinski definition) is 1. The third kappa shape index (κ3) is 3.07. The molecular weight excluding hydrogens is 252 g/mol. The van der Waals surface area contributed by atoms with E-state index < -0.39 is 0 Å². The number of hydrogen-bond acceptors (Lipinski definition) is 4. The highest BCUT2D eigenvalue weighted by atomic mass is 17.0. The van der Waals surface area contributed by atoms with Gasteiger partial charge in [-0.1, -0.05) is 13.3 Å². The van der Waals surface area contributed by atoms with Crippen molar-refractivity contribution in [1.29, 1.82) is 0 Å². The molecule has 2 rings (SSSR count). The molecule has 1 aromatic rings. The summed E-state index contributed by atoms with van der Waals surface area (Å²) in [6, 6.07) is 8.11. The first-order chi connectivity index (χ1) is 9.36. The van der Waals surface area contributed by atoms with Gasteiger partial charge in [0.1, 0.15) is 11.2 Å². The summed E-state index contributed by atoms with van der Waals surface area (Å²) in [5, 5.41) is 4.92. The standard InChI is InChI=1S/C16H26N2O2/c1-6-7-12-17-13-8-10-14(11-9-13)18-19-15(2,3)16(4,5)20-18/h8-11,17H,6-7,12H2,1-5H3. The van der Waals surface area contributed by atoms with Crippen LogP contribution in [0, 0.1) is 0 Å². The average Bonchev–Trinajstić information content (AvgIpc) is 2.60. The highest BCUT2D eigenvalue weighted by Gasteiger charge is 2.50. The van der Waals surface area contributed by atoms with Crippen LogP contribution in [-0.2, 0) is 9.68 Å². The Hall–Kier alpha value is -1.26. The van der Waals surface area contributed by atoms with Gasteiger partial charge in [-0.05, 0) is 58.4 Å². The summed E-state index contributed by atoms with van der Waals surface area (Å²) in [4.78, 5) is 11.8. The molecule has 1 aliphatic rings. The van der Waals surface area contributed by atoms with Gasteiger partial charge in [-0.2, -0.15) is 0 Å². The zero-order valence-electron chi connectivity index (χ0n) is 13.2. The van der Waals surface area contributed by atoms with E-state index in [0.717, 1.165) is 17.9 Å². The minimum Gasteiger partial charge on any atom is -0.385 e. The van der Waals surface area contributed by atoms with E-state index >= 15 is 0 Å². The zero-order valence-corrected chi connectivity index (χ0v) is 13.2. The fourth-order valence-corrected chi connectivity index (χ4v) is 1.87. The van der Waals surface area contributed by atoms with Crippen molar-refractivity contribution < 1.29 is 9.68 Å². The van der Waals surface area contributed by atoms with E-state index in [1.165, 1.54) is 18.1 Å². The van der Waals surface area contributed by atoms with Crippen LogP contribution in [0.15, 0.2) is 24.3 Å². The number of benzene rings is 1. The highest BCUT2D eigenvalue weighted by Crippen LogP contribution is 2.39. The molecule has 0 amide bonds. The Morgan fingerprint density at radius 1 is 1.00 bits per heavy atom. The van der Waals surface area contributed by atoms with Crippen molar-refractivity contribution in [2.24, 2.45) is 0 Å². The predicted molar refractivity (Wildman–Crippen MR) is 82.6 cm³/mol. The molecule has 1 N–H and O–H groups in total. The second-order valence-corrected chi connectivity index (χ2v) is 6.29. The second-order valence-electron chi connectivity index (χ2n) is 6.29. The van der Waals surface area contributed by atoms with E-state index in [1.807, 2.05) is 39.8 Å². The number of nitrogens with zero attached hydrogens (tertiary/aromatic N) is 1. The number of anilines is 2. The van der Waals surface area contributed by atoms with Crippen molar-refractivity contribution in [3.8, 4) is 0 Å². The molecule has 4 heteroatoms. The van der Waals surface area contributed by atoms with Gasteiger partial charge in [-0.25, -0.2) is 9.68 Å². The van der Waals surface area contributed by atoms with E-state index in [0.29, 0.717) is 0 Å². The van der Waals surface area contributed by atoms with E-state index in [1.54, 1.807) is 0 Å². The average molecular weight is 278 g/mol. The first-order valence-corrected chi connectivity index (χ1v) is 7.38. The molecule has 4 nitrogen and oxygen atoms in total.